The lowest BCUT2D eigenvalue weighted by molar-refractivity contribution is -0.117. The van der Waals surface area contributed by atoms with E-state index < -0.39 is 0 Å². The number of aromatic nitrogens is 2. The van der Waals surface area contributed by atoms with Crippen molar-refractivity contribution in [2.45, 2.75) is 13.5 Å². The fourth-order valence-electron chi connectivity index (χ4n) is 2.86. The minimum atomic E-state index is -0.211. The van der Waals surface area contributed by atoms with Crippen LogP contribution in [0.4, 0.5) is 5.69 Å². The predicted molar refractivity (Wildman–Crippen MR) is 109 cm³/mol. The highest BCUT2D eigenvalue weighted by atomic mass is 35.5. The lowest BCUT2D eigenvalue weighted by Gasteiger charge is -2.20. The van der Waals surface area contributed by atoms with Crippen molar-refractivity contribution in [2.24, 2.45) is 0 Å². The molecule has 0 aliphatic rings. The number of nitrogens with zero attached hydrogens (tertiary/aromatic N) is 3. The first-order valence-electron chi connectivity index (χ1n) is 8.83. The number of rotatable bonds is 7. The van der Waals surface area contributed by atoms with Crippen LogP contribution in [0.1, 0.15) is 12.6 Å². The zero-order valence-electron chi connectivity index (χ0n) is 15.7. The first kappa shape index (κ1) is 19.9. The largest absolute Gasteiger partial charge is 0.495 e. The number of carbonyl (C=O) groups excluding carboxylic acids is 1. The van der Waals surface area contributed by atoms with Crippen LogP contribution < -0.4 is 15.6 Å². The number of methoxy groups -OCH3 is 1. The minimum Gasteiger partial charge on any atom is -0.495 e. The van der Waals surface area contributed by atoms with Gasteiger partial charge in [-0.05, 0) is 30.8 Å². The molecule has 8 heteroatoms. The highest BCUT2D eigenvalue weighted by Gasteiger charge is 2.13. The van der Waals surface area contributed by atoms with Gasteiger partial charge in [0.1, 0.15) is 11.4 Å². The molecule has 0 spiro atoms. The van der Waals surface area contributed by atoms with E-state index in [1.807, 2.05) is 24.0 Å². The van der Waals surface area contributed by atoms with Gasteiger partial charge >= 0.3 is 0 Å². The summed E-state index contributed by atoms with van der Waals surface area (Å²) in [7, 11) is 1.56. The number of likely N-dealkylation sites (N-methyl/N-ethyl adjacent to an activating group) is 1. The summed E-state index contributed by atoms with van der Waals surface area (Å²) in [6.07, 6.45) is 1.54. The van der Waals surface area contributed by atoms with Crippen molar-refractivity contribution in [2.75, 3.05) is 25.5 Å². The van der Waals surface area contributed by atoms with Crippen molar-refractivity contribution < 1.29 is 9.53 Å². The molecular weight excluding hydrogens is 380 g/mol. The monoisotopic (exact) mass is 400 g/mol. The number of para-hydroxylation sites is 2. The molecule has 146 valence electrons. The van der Waals surface area contributed by atoms with E-state index in [9.17, 15) is 9.59 Å². The summed E-state index contributed by atoms with van der Waals surface area (Å²) in [5.74, 6) is 0.428. The average molecular weight is 401 g/mol. The molecule has 3 aromatic rings. The molecule has 1 aromatic carbocycles. The van der Waals surface area contributed by atoms with Crippen LogP contribution in [0.25, 0.3) is 5.65 Å². The number of anilines is 1. The molecule has 28 heavy (non-hydrogen) atoms. The molecule has 7 nitrogen and oxygen atoms in total. The van der Waals surface area contributed by atoms with Crippen LogP contribution in [-0.2, 0) is 11.3 Å². The van der Waals surface area contributed by atoms with Crippen LogP contribution in [0.3, 0.4) is 0 Å². The van der Waals surface area contributed by atoms with Gasteiger partial charge in [-0.3, -0.25) is 18.9 Å². The van der Waals surface area contributed by atoms with E-state index in [1.54, 1.807) is 31.4 Å². The number of benzene rings is 1. The topological polar surface area (TPSA) is 75.9 Å². The Bertz CT molecular complexity index is 1050. The molecule has 2 aromatic heterocycles. The van der Waals surface area contributed by atoms with Crippen LogP contribution >= 0.6 is 11.6 Å². The lowest BCUT2D eigenvalue weighted by Crippen LogP contribution is -2.33. The first-order valence-corrected chi connectivity index (χ1v) is 9.21. The lowest BCUT2D eigenvalue weighted by atomic mass is 10.3. The van der Waals surface area contributed by atoms with Gasteiger partial charge in [-0.1, -0.05) is 30.7 Å². The SMILES string of the molecule is CCN(CC(=O)Nc1ccccc1OC)Cc1cc(=O)n2cc(Cl)ccc2n1. The molecule has 1 amide bonds. The molecule has 3 rings (SSSR count). The minimum absolute atomic E-state index is 0.163. The molecule has 1 N–H and O–H groups in total. The van der Waals surface area contributed by atoms with E-state index in [0.717, 1.165) is 0 Å². The molecule has 2 heterocycles. The fourth-order valence-corrected chi connectivity index (χ4v) is 3.02. The van der Waals surface area contributed by atoms with Crippen molar-refractivity contribution >= 4 is 28.8 Å². The molecular formula is C20H21ClN4O3. The standard InChI is InChI=1S/C20H21ClN4O3/c1-3-24(13-19(26)23-16-6-4-5-7-17(16)28-2)12-15-10-20(27)25-11-14(21)8-9-18(25)22-15/h4-11H,3,12-13H2,1-2H3,(H,23,26). The zero-order valence-corrected chi connectivity index (χ0v) is 16.4. The highest BCUT2D eigenvalue weighted by Crippen LogP contribution is 2.22. The van der Waals surface area contributed by atoms with Crippen LogP contribution in [0, 0.1) is 0 Å². The zero-order chi connectivity index (χ0) is 20.1. The summed E-state index contributed by atoms with van der Waals surface area (Å²) in [6.45, 7) is 3.12. The third-order valence-corrected chi connectivity index (χ3v) is 4.48. The summed E-state index contributed by atoms with van der Waals surface area (Å²) in [4.78, 5) is 31.2. The van der Waals surface area contributed by atoms with Gasteiger partial charge in [0.2, 0.25) is 5.91 Å². The Morgan fingerprint density at radius 3 is 2.82 bits per heavy atom. The van der Waals surface area contributed by atoms with Crippen molar-refractivity contribution in [1.82, 2.24) is 14.3 Å². The Morgan fingerprint density at radius 2 is 2.07 bits per heavy atom. The Hall–Kier alpha value is -2.90. The van der Waals surface area contributed by atoms with E-state index in [2.05, 4.69) is 10.3 Å². The van der Waals surface area contributed by atoms with Gasteiger partial charge in [-0.15, -0.1) is 0 Å². The molecule has 0 aliphatic carbocycles. The predicted octanol–water partition coefficient (Wildman–Crippen LogP) is 2.82. The maximum atomic E-state index is 12.4. The Balaban J connectivity index is 1.72. The van der Waals surface area contributed by atoms with Crippen LogP contribution in [0.2, 0.25) is 5.02 Å². The van der Waals surface area contributed by atoms with E-state index >= 15 is 0 Å². The van der Waals surface area contributed by atoms with Crippen LogP contribution in [-0.4, -0.2) is 40.4 Å². The number of amides is 1. The van der Waals surface area contributed by atoms with Crippen LogP contribution in [0.15, 0.2) is 53.5 Å². The van der Waals surface area contributed by atoms with Crippen molar-refractivity contribution in [3.8, 4) is 5.75 Å². The number of halogens is 1. The highest BCUT2D eigenvalue weighted by molar-refractivity contribution is 6.30. The number of nitrogens with one attached hydrogen (secondary N) is 1. The second kappa shape index (κ2) is 8.86. The van der Waals surface area contributed by atoms with E-state index in [4.69, 9.17) is 16.3 Å². The number of fused-ring (bicyclic) bond motifs is 1. The average Bonchev–Trinajstić information content (AvgIpc) is 2.68. The second-order valence-electron chi connectivity index (χ2n) is 6.21. The van der Waals surface area contributed by atoms with E-state index in [-0.39, 0.29) is 18.0 Å². The molecule has 0 radical (unpaired) electrons. The van der Waals surface area contributed by atoms with Gasteiger partial charge in [0.25, 0.3) is 5.56 Å². The Kier molecular flexibility index (Phi) is 6.28. The molecule has 0 unspecified atom stereocenters. The third kappa shape index (κ3) is 4.68. The van der Waals surface area contributed by atoms with Gasteiger partial charge in [0, 0.05) is 18.8 Å². The summed E-state index contributed by atoms with van der Waals surface area (Å²) in [6, 6.07) is 12.1. The summed E-state index contributed by atoms with van der Waals surface area (Å²) < 4.78 is 6.65. The van der Waals surface area contributed by atoms with Gasteiger partial charge in [0.05, 0.1) is 30.1 Å². The Morgan fingerprint density at radius 1 is 1.29 bits per heavy atom. The number of pyridine rings is 1. The molecule has 0 aliphatic heterocycles. The maximum Gasteiger partial charge on any atom is 0.258 e. The number of hydrogen-bond donors (Lipinski definition) is 1. The first-order chi connectivity index (χ1) is 13.5. The summed E-state index contributed by atoms with van der Waals surface area (Å²) >= 11 is 5.93. The third-order valence-electron chi connectivity index (χ3n) is 4.26. The molecule has 0 saturated heterocycles. The van der Waals surface area contributed by atoms with E-state index in [0.29, 0.717) is 40.9 Å². The van der Waals surface area contributed by atoms with Gasteiger partial charge in [-0.25, -0.2) is 4.98 Å². The molecule has 0 bridgehead atoms. The van der Waals surface area contributed by atoms with Gasteiger partial charge in [0.15, 0.2) is 0 Å². The van der Waals surface area contributed by atoms with Crippen LogP contribution in [0.5, 0.6) is 5.75 Å². The van der Waals surface area contributed by atoms with Gasteiger partial charge in [-0.2, -0.15) is 0 Å². The van der Waals surface area contributed by atoms with Crippen molar-refractivity contribution in [3.05, 3.63) is 69.7 Å². The summed E-state index contributed by atoms with van der Waals surface area (Å²) in [5, 5.41) is 3.32. The van der Waals surface area contributed by atoms with Crippen molar-refractivity contribution in [3.63, 3.8) is 0 Å². The second-order valence-corrected chi connectivity index (χ2v) is 6.65. The number of hydrogen-bond acceptors (Lipinski definition) is 5. The fraction of sp³-hybridized carbons (Fsp3) is 0.250. The molecule has 0 fully saturated rings. The van der Waals surface area contributed by atoms with Crippen molar-refractivity contribution in [1.29, 1.82) is 0 Å². The molecule has 0 saturated carbocycles. The smallest absolute Gasteiger partial charge is 0.258 e. The quantitative estimate of drug-likeness (QED) is 0.660. The Labute approximate surface area is 167 Å². The number of carbonyl (C=O) groups is 1. The van der Waals surface area contributed by atoms with E-state index in [1.165, 1.54) is 16.7 Å². The van der Waals surface area contributed by atoms with Gasteiger partial charge < -0.3 is 10.1 Å². The normalized spacial score (nSPS) is 11.0. The maximum absolute atomic E-state index is 12.4. The molecule has 0 atom stereocenters. The number of ether oxygens (including phenoxy) is 1. The summed E-state index contributed by atoms with van der Waals surface area (Å²) in [5.41, 5.74) is 1.52.